The fraction of sp³-hybridized carbons (Fsp3) is 0. The van der Waals surface area contributed by atoms with Crippen molar-refractivity contribution < 1.29 is 4.21 Å². The van der Waals surface area contributed by atoms with Gasteiger partial charge in [-0.2, -0.15) is 19.9 Å². The van der Waals surface area contributed by atoms with E-state index in [1.807, 2.05) is 187 Å². The third-order valence-corrected chi connectivity index (χ3v) is 12.4. The maximum absolute atomic E-state index is 14.9. The van der Waals surface area contributed by atoms with E-state index in [-0.39, 0.29) is 11.9 Å². The second kappa shape index (κ2) is 16.8. The minimum absolute atomic E-state index is 0.279. The SMILES string of the molecule is O=S1c2cc(N(c3ccccc3)c3ccccc3)ccc2-c2ccc(N(c3nc(-c4ccccc4)nc(-c4ccccc4)n3)c3nc(-c4ccccc4)nc(-c4ccccc4)n3)cc21. The Morgan fingerprint density at radius 2 is 0.594 bits per heavy atom. The van der Waals surface area contributed by atoms with Crippen LogP contribution in [0.1, 0.15) is 0 Å². The van der Waals surface area contributed by atoms with Gasteiger partial charge in [0.05, 0.1) is 26.3 Å². The fourth-order valence-electron chi connectivity index (χ4n) is 7.89. The van der Waals surface area contributed by atoms with Gasteiger partial charge in [0.2, 0.25) is 11.9 Å². The third-order valence-electron chi connectivity index (χ3n) is 10.9. The molecular formula is C54H36N8OS. The van der Waals surface area contributed by atoms with Crippen LogP contribution in [0, 0.1) is 0 Å². The molecule has 304 valence electrons. The molecule has 0 saturated heterocycles. The van der Waals surface area contributed by atoms with Crippen LogP contribution in [0.4, 0.5) is 34.6 Å². The van der Waals surface area contributed by atoms with E-state index in [0.717, 1.165) is 55.3 Å². The largest absolute Gasteiger partial charge is 0.310 e. The van der Waals surface area contributed by atoms with Gasteiger partial charge < -0.3 is 4.90 Å². The van der Waals surface area contributed by atoms with Gasteiger partial charge in [0.15, 0.2) is 23.3 Å². The molecule has 0 spiro atoms. The molecule has 64 heavy (non-hydrogen) atoms. The first-order valence-electron chi connectivity index (χ1n) is 20.8. The molecule has 11 rings (SSSR count). The molecule has 10 heteroatoms. The number of fused-ring (bicyclic) bond motifs is 3. The number of nitrogens with zero attached hydrogens (tertiary/aromatic N) is 8. The molecule has 0 aliphatic carbocycles. The highest BCUT2D eigenvalue weighted by Gasteiger charge is 2.31. The number of benzene rings is 8. The van der Waals surface area contributed by atoms with E-state index in [0.29, 0.717) is 33.9 Å². The van der Waals surface area contributed by atoms with Crippen LogP contribution in [0.5, 0.6) is 0 Å². The van der Waals surface area contributed by atoms with Gasteiger partial charge in [0.25, 0.3) is 0 Å². The van der Waals surface area contributed by atoms with Crippen molar-refractivity contribution in [1.29, 1.82) is 0 Å². The monoisotopic (exact) mass is 844 g/mol. The van der Waals surface area contributed by atoms with Crippen molar-refractivity contribution in [2.75, 3.05) is 9.80 Å². The molecule has 10 aromatic rings. The maximum atomic E-state index is 14.9. The van der Waals surface area contributed by atoms with E-state index in [9.17, 15) is 4.21 Å². The summed E-state index contributed by atoms with van der Waals surface area (Å²) in [5, 5.41) is 0. The molecule has 1 atom stereocenters. The number of hydrogen-bond donors (Lipinski definition) is 0. The summed E-state index contributed by atoms with van der Waals surface area (Å²) in [6.45, 7) is 0. The van der Waals surface area contributed by atoms with Crippen LogP contribution in [0.15, 0.2) is 228 Å². The van der Waals surface area contributed by atoms with Gasteiger partial charge in [-0.3, -0.25) is 0 Å². The van der Waals surface area contributed by atoms with E-state index in [2.05, 4.69) is 41.3 Å². The summed E-state index contributed by atoms with van der Waals surface area (Å²) in [4.78, 5) is 35.9. The zero-order valence-corrected chi connectivity index (χ0v) is 35.0. The molecule has 0 fully saturated rings. The predicted molar refractivity (Wildman–Crippen MR) is 254 cm³/mol. The first-order chi connectivity index (χ1) is 31.6. The smallest absolute Gasteiger partial charge is 0.241 e. The molecule has 0 saturated carbocycles. The molecule has 2 aromatic heterocycles. The summed E-state index contributed by atoms with van der Waals surface area (Å²) in [6.07, 6.45) is 0. The molecule has 8 aromatic carbocycles. The van der Waals surface area contributed by atoms with Crippen LogP contribution in [-0.4, -0.2) is 34.1 Å². The van der Waals surface area contributed by atoms with Crippen molar-refractivity contribution in [3.05, 3.63) is 218 Å². The average molecular weight is 845 g/mol. The molecule has 9 nitrogen and oxygen atoms in total. The highest BCUT2D eigenvalue weighted by molar-refractivity contribution is 7.85. The van der Waals surface area contributed by atoms with Gasteiger partial charge in [-0.15, -0.1) is 0 Å². The van der Waals surface area contributed by atoms with E-state index in [1.54, 1.807) is 0 Å². The second-order valence-corrected chi connectivity index (χ2v) is 16.4. The third kappa shape index (κ3) is 7.37. The van der Waals surface area contributed by atoms with Gasteiger partial charge in [0, 0.05) is 39.3 Å². The summed E-state index contributed by atoms with van der Waals surface area (Å²) < 4.78 is 14.9. The average Bonchev–Trinajstić information content (AvgIpc) is 3.65. The minimum Gasteiger partial charge on any atom is -0.310 e. The summed E-state index contributed by atoms with van der Waals surface area (Å²) in [7, 11) is -1.55. The molecule has 1 aliphatic heterocycles. The number of anilines is 6. The van der Waals surface area contributed by atoms with E-state index < -0.39 is 10.8 Å². The zero-order chi connectivity index (χ0) is 42.8. The van der Waals surface area contributed by atoms with Crippen molar-refractivity contribution in [2.24, 2.45) is 0 Å². The second-order valence-electron chi connectivity index (χ2n) is 15.0. The van der Waals surface area contributed by atoms with Crippen LogP contribution in [0.2, 0.25) is 0 Å². The number of hydrogen-bond acceptors (Lipinski definition) is 9. The van der Waals surface area contributed by atoms with Crippen LogP contribution in [-0.2, 0) is 10.8 Å². The van der Waals surface area contributed by atoms with Gasteiger partial charge in [0.1, 0.15) is 0 Å². The molecule has 0 N–H and O–H groups in total. The summed E-state index contributed by atoms with van der Waals surface area (Å²) in [5.74, 6) is 2.45. The molecule has 0 bridgehead atoms. The predicted octanol–water partition coefficient (Wildman–Crippen LogP) is 12.8. The van der Waals surface area contributed by atoms with Crippen LogP contribution in [0.3, 0.4) is 0 Å². The van der Waals surface area contributed by atoms with Crippen molar-refractivity contribution in [3.8, 4) is 56.7 Å². The maximum Gasteiger partial charge on any atom is 0.241 e. The lowest BCUT2D eigenvalue weighted by Gasteiger charge is -2.25. The lowest BCUT2D eigenvalue weighted by molar-refractivity contribution is 0.685. The number of para-hydroxylation sites is 2. The molecule has 0 radical (unpaired) electrons. The van der Waals surface area contributed by atoms with Gasteiger partial charge in [-0.25, -0.2) is 19.1 Å². The minimum atomic E-state index is -1.55. The molecule has 1 unspecified atom stereocenters. The molecular weight excluding hydrogens is 809 g/mol. The molecule has 0 amide bonds. The van der Waals surface area contributed by atoms with Gasteiger partial charge in [-0.05, 0) is 59.7 Å². The first-order valence-corrected chi connectivity index (χ1v) is 21.9. The Hall–Kier alpha value is -8.47. The summed E-state index contributed by atoms with van der Waals surface area (Å²) >= 11 is 0. The Morgan fingerprint density at radius 1 is 0.297 bits per heavy atom. The Bertz CT molecular complexity index is 3010. The van der Waals surface area contributed by atoms with Crippen molar-refractivity contribution in [3.63, 3.8) is 0 Å². The Balaban J connectivity index is 1.10. The Labute approximate surface area is 372 Å². The lowest BCUT2D eigenvalue weighted by atomic mass is 10.0. The van der Waals surface area contributed by atoms with Crippen molar-refractivity contribution >= 4 is 45.4 Å². The zero-order valence-electron chi connectivity index (χ0n) is 34.2. The number of aromatic nitrogens is 6. The van der Waals surface area contributed by atoms with Gasteiger partial charge in [-0.1, -0.05) is 170 Å². The van der Waals surface area contributed by atoms with Crippen LogP contribution < -0.4 is 9.80 Å². The van der Waals surface area contributed by atoms with Crippen LogP contribution in [0.25, 0.3) is 56.7 Å². The van der Waals surface area contributed by atoms with Crippen molar-refractivity contribution in [2.45, 2.75) is 9.79 Å². The Kier molecular flexibility index (Phi) is 10.1. The van der Waals surface area contributed by atoms with Crippen LogP contribution >= 0.6 is 0 Å². The first kappa shape index (κ1) is 38.5. The quantitative estimate of drug-likeness (QED) is 0.133. The highest BCUT2D eigenvalue weighted by atomic mass is 32.2. The molecule has 1 aliphatic rings. The Morgan fingerprint density at radius 3 is 0.922 bits per heavy atom. The molecule has 3 heterocycles. The van der Waals surface area contributed by atoms with E-state index >= 15 is 0 Å². The van der Waals surface area contributed by atoms with Crippen molar-refractivity contribution in [1.82, 2.24) is 29.9 Å². The lowest BCUT2D eigenvalue weighted by Crippen LogP contribution is -2.19. The normalized spacial score (nSPS) is 12.6. The standard InChI is InChI=1S/C54H36N8OS/c63-64-47-35-43(61(41-27-15-5-16-28-41)42-29-17-6-18-30-42)31-33-45(47)46-34-32-44(36-48(46)64)62(53-57-49(37-19-7-1-8-20-37)55-50(58-53)38-21-9-2-10-22-38)54-59-51(39-23-11-3-12-24-39)56-52(60-54)40-25-13-4-14-26-40/h1-36H. The van der Waals surface area contributed by atoms with E-state index in [1.165, 1.54) is 0 Å². The highest BCUT2D eigenvalue weighted by Crippen LogP contribution is 2.47. The van der Waals surface area contributed by atoms with E-state index in [4.69, 9.17) is 29.9 Å². The topological polar surface area (TPSA) is 101 Å². The van der Waals surface area contributed by atoms with Gasteiger partial charge >= 0.3 is 0 Å². The summed E-state index contributed by atoms with van der Waals surface area (Å²) in [6, 6.07) is 71.9. The number of rotatable bonds is 10. The fourth-order valence-corrected chi connectivity index (χ4v) is 9.33. The summed E-state index contributed by atoms with van der Waals surface area (Å²) in [5.41, 5.74) is 8.56.